The molecule has 0 spiro atoms. The maximum absolute atomic E-state index is 13.3. The largest absolute Gasteiger partial charge is 0.453 e. The molecule has 2 heterocycles. The summed E-state index contributed by atoms with van der Waals surface area (Å²) in [6, 6.07) is 11.2. The van der Waals surface area contributed by atoms with E-state index in [9.17, 15) is 24.0 Å². The molecular formula is C38H52N8O7. The zero-order chi connectivity index (χ0) is 38.9. The van der Waals surface area contributed by atoms with Crippen molar-refractivity contribution in [3.05, 3.63) is 87.9 Å². The van der Waals surface area contributed by atoms with Gasteiger partial charge in [-0.05, 0) is 55.9 Å². The molecule has 0 aliphatic rings. The van der Waals surface area contributed by atoms with Crippen LogP contribution in [-0.2, 0) is 25.6 Å². The molecule has 286 valence electrons. The van der Waals surface area contributed by atoms with Crippen LogP contribution in [0.2, 0.25) is 0 Å². The van der Waals surface area contributed by atoms with Gasteiger partial charge >= 0.3 is 12.2 Å². The molecular weight excluding hydrogens is 680 g/mol. The summed E-state index contributed by atoms with van der Waals surface area (Å²) in [5, 5.41) is 8.42. The Kier molecular flexibility index (Phi) is 16.4. The van der Waals surface area contributed by atoms with E-state index in [1.807, 2.05) is 64.1 Å². The van der Waals surface area contributed by atoms with Crippen molar-refractivity contribution in [3.63, 3.8) is 0 Å². The minimum absolute atomic E-state index is 0.157. The van der Waals surface area contributed by atoms with Crippen LogP contribution in [0.3, 0.4) is 0 Å². The average Bonchev–Trinajstić information content (AvgIpc) is 3.64. The Bertz CT molecular complexity index is 1830. The van der Waals surface area contributed by atoms with E-state index in [0.29, 0.717) is 37.7 Å². The fraction of sp³-hybridized carbons (Fsp3) is 0.421. The number of carbonyl (C=O) groups is 4. The number of benzene rings is 1. The summed E-state index contributed by atoms with van der Waals surface area (Å²) >= 11 is 0. The lowest BCUT2D eigenvalue weighted by Gasteiger charge is -2.26. The zero-order valence-electron chi connectivity index (χ0n) is 31.7. The van der Waals surface area contributed by atoms with Crippen LogP contribution in [0.25, 0.3) is 22.6 Å². The number of aromatic amines is 1. The van der Waals surface area contributed by atoms with Crippen molar-refractivity contribution < 1.29 is 28.7 Å². The molecule has 15 nitrogen and oxygen atoms in total. The number of nitrogens with zero attached hydrogens (tertiary/aromatic N) is 4. The lowest BCUT2D eigenvalue weighted by atomic mass is 10.0. The molecule has 53 heavy (non-hydrogen) atoms. The van der Waals surface area contributed by atoms with Crippen LogP contribution in [0.1, 0.15) is 65.3 Å². The number of alkyl carbamates (subject to hydrolysis) is 2. The predicted molar refractivity (Wildman–Crippen MR) is 203 cm³/mol. The Morgan fingerprint density at radius 2 is 1.49 bits per heavy atom. The number of nitrogens with one attached hydrogen (secondary N) is 4. The number of methoxy groups -OCH3 is 2. The highest BCUT2D eigenvalue weighted by molar-refractivity contribution is 5.83. The first-order valence-corrected chi connectivity index (χ1v) is 17.7. The van der Waals surface area contributed by atoms with Gasteiger partial charge in [0.25, 0.3) is 5.56 Å². The Morgan fingerprint density at radius 3 is 2.04 bits per heavy atom. The van der Waals surface area contributed by atoms with E-state index in [4.69, 9.17) is 0 Å². The van der Waals surface area contributed by atoms with Gasteiger partial charge in [-0.1, -0.05) is 56.7 Å². The summed E-state index contributed by atoms with van der Waals surface area (Å²) in [5.74, 6) is 0.452. The molecule has 2 aromatic heterocycles. The van der Waals surface area contributed by atoms with E-state index in [0.717, 1.165) is 46.5 Å². The fourth-order valence-corrected chi connectivity index (χ4v) is 5.38. The number of hydrogen-bond acceptors (Lipinski definition) is 9. The number of rotatable bonds is 18. The summed E-state index contributed by atoms with van der Waals surface area (Å²) in [7, 11) is 2.49. The third-order valence-corrected chi connectivity index (χ3v) is 8.46. The Balaban J connectivity index is 1.74. The van der Waals surface area contributed by atoms with E-state index in [1.165, 1.54) is 25.0 Å². The maximum Gasteiger partial charge on any atom is 0.407 e. The lowest BCUT2D eigenvalue weighted by molar-refractivity contribution is -0.131. The van der Waals surface area contributed by atoms with E-state index >= 15 is 0 Å². The Morgan fingerprint density at radius 1 is 0.887 bits per heavy atom. The van der Waals surface area contributed by atoms with Gasteiger partial charge in [0.1, 0.15) is 24.7 Å². The van der Waals surface area contributed by atoms with E-state index in [2.05, 4.69) is 42.3 Å². The number of carbonyl (C=O) groups excluding carboxylic acids is 4. The summed E-state index contributed by atoms with van der Waals surface area (Å²) in [6.07, 6.45) is 6.09. The molecule has 0 bridgehead atoms. The van der Waals surface area contributed by atoms with Crippen LogP contribution < -0.4 is 21.5 Å². The van der Waals surface area contributed by atoms with Crippen LogP contribution in [0.5, 0.6) is 0 Å². The van der Waals surface area contributed by atoms with Crippen LogP contribution >= 0.6 is 0 Å². The van der Waals surface area contributed by atoms with Crippen molar-refractivity contribution >= 4 is 29.7 Å². The van der Waals surface area contributed by atoms with Crippen LogP contribution in [0.15, 0.2) is 70.9 Å². The standard InChI is InChI=1S/C38H52N8O7/c1-8-17-44(35(48)22-40-37(50)52-6)24-31(26(5)10-3)42-30(11-4)28-14-12-27(13-15-28)29-16-19-46(34(47)20-29)33-21-39-32(43-33)25-45(18-9-2)36(49)23-41-38(51)53-7/h11-16,19-21,42H,8-10,17-18,22-25H2,1-7H3,(H,39,43)(H,40,50)(H,41,51)/b30-11-,31-26+. The molecule has 3 aromatic rings. The molecule has 0 fully saturated rings. The molecule has 1 aromatic carbocycles. The number of hydrogen-bond donors (Lipinski definition) is 4. The summed E-state index contributed by atoms with van der Waals surface area (Å²) in [6.45, 7) is 11.1. The first-order valence-electron chi connectivity index (χ1n) is 17.7. The summed E-state index contributed by atoms with van der Waals surface area (Å²) < 4.78 is 10.6. The fourth-order valence-electron chi connectivity index (χ4n) is 5.38. The van der Waals surface area contributed by atoms with Gasteiger partial charge in [-0.15, -0.1) is 0 Å². The van der Waals surface area contributed by atoms with Gasteiger partial charge in [-0.3, -0.25) is 19.0 Å². The van der Waals surface area contributed by atoms with Gasteiger partial charge in [-0.25, -0.2) is 14.6 Å². The normalized spacial score (nSPS) is 11.6. The first kappa shape index (κ1) is 41.6. The molecule has 0 unspecified atom stereocenters. The molecule has 4 N–H and O–H groups in total. The van der Waals surface area contributed by atoms with Gasteiger partial charge < -0.3 is 40.2 Å². The zero-order valence-corrected chi connectivity index (χ0v) is 31.7. The van der Waals surface area contributed by atoms with E-state index in [1.54, 1.807) is 22.1 Å². The molecule has 0 aliphatic heterocycles. The third-order valence-electron chi connectivity index (χ3n) is 8.46. The van der Waals surface area contributed by atoms with Crippen molar-refractivity contribution in [1.29, 1.82) is 0 Å². The first-order chi connectivity index (χ1) is 25.5. The minimum Gasteiger partial charge on any atom is -0.453 e. The molecule has 0 saturated heterocycles. The van der Waals surface area contributed by atoms with Gasteiger partial charge in [0, 0.05) is 36.7 Å². The van der Waals surface area contributed by atoms with Gasteiger partial charge in [0.15, 0.2) is 0 Å². The number of allylic oxidation sites excluding steroid dienone is 2. The quantitative estimate of drug-likeness (QED) is 0.146. The SMILES string of the molecule is C/C=C(\N/C(CN(CCC)C(=O)CNC(=O)OC)=C(\C)CC)c1ccc(-c2ccn(-c3cnc(CN(CCC)C(=O)CNC(=O)OC)[nH]3)c(=O)c2)cc1. The van der Waals surface area contributed by atoms with Gasteiger partial charge in [-0.2, -0.15) is 0 Å². The second kappa shape index (κ2) is 20.9. The van der Waals surface area contributed by atoms with E-state index in [-0.39, 0.29) is 37.0 Å². The van der Waals surface area contributed by atoms with Crippen molar-refractivity contribution in [2.75, 3.05) is 46.9 Å². The smallest absolute Gasteiger partial charge is 0.407 e. The lowest BCUT2D eigenvalue weighted by Crippen LogP contribution is -2.42. The average molecular weight is 733 g/mol. The number of amides is 4. The van der Waals surface area contributed by atoms with Crippen LogP contribution in [0, 0.1) is 0 Å². The number of H-pyrrole nitrogens is 1. The number of pyridine rings is 1. The minimum atomic E-state index is -0.688. The molecule has 4 amide bonds. The second-order valence-electron chi connectivity index (χ2n) is 12.2. The molecule has 3 rings (SSSR count). The van der Waals surface area contributed by atoms with Crippen LogP contribution in [0.4, 0.5) is 9.59 Å². The Labute approximate surface area is 310 Å². The highest BCUT2D eigenvalue weighted by atomic mass is 16.5. The van der Waals surface area contributed by atoms with Crippen molar-refractivity contribution in [2.45, 2.75) is 60.4 Å². The molecule has 15 heteroatoms. The van der Waals surface area contributed by atoms with Crippen molar-refractivity contribution in [1.82, 2.24) is 40.3 Å². The molecule has 0 radical (unpaired) electrons. The number of imidazole rings is 1. The van der Waals surface area contributed by atoms with E-state index < -0.39 is 12.2 Å². The highest BCUT2D eigenvalue weighted by Gasteiger charge is 2.19. The highest BCUT2D eigenvalue weighted by Crippen LogP contribution is 2.23. The van der Waals surface area contributed by atoms with Crippen LogP contribution in [-0.4, -0.2) is 95.3 Å². The summed E-state index contributed by atoms with van der Waals surface area (Å²) in [4.78, 5) is 72.7. The molecule has 0 aliphatic carbocycles. The third kappa shape index (κ3) is 12.1. The number of aromatic nitrogens is 3. The number of ether oxygens (including phenoxy) is 2. The molecule has 0 atom stereocenters. The Hall–Kier alpha value is -5.86. The topological polar surface area (TPSA) is 180 Å². The molecule has 0 saturated carbocycles. The van der Waals surface area contributed by atoms with Gasteiger partial charge in [0.05, 0.1) is 33.5 Å². The van der Waals surface area contributed by atoms with Gasteiger partial charge in [0.2, 0.25) is 11.8 Å². The maximum atomic E-state index is 13.3. The predicted octanol–water partition coefficient (Wildman–Crippen LogP) is 4.55. The monoisotopic (exact) mass is 732 g/mol. The summed E-state index contributed by atoms with van der Waals surface area (Å²) in [5.41, 5.74) is 5.11. The second-order valence-corrected chi connectivity index (χ2v) is 12.2. The van der Waals surface area contributed by atoms with Crippen molar-refractivity contribution in [3.8, 4) is 16.9 Å². The van der Waals surface area contributed by atoms with Crippen molar-refractivity contribution in [2.24, 2.45) is 0 Å².